The Hall–Kier alpha value is -8.84. The van der Waals surface area contributed by atoms with E-state index in [0.717, 1.165) is 128 Å². The Bertz CT molecular complexity index is 3520. The molecule has 12 heteroatoms. The number of fused-ring (bicyclic) bond motifs is 2. The minimum Gasteiger partial charge on any atom is -0.491 e. The van der Waals surface area contributed by atoms with Crippen LogP contribution in [0.25, 0.3) is 0 Å². The summed E-state index contributed by atoms with van der Waals surface area (Å²) in [6, 6.07) is 27.9. The molecule has 8 nitrogen and oxygen atoms in total. The van der Waals surface area contributed by atoms with Crippen LogP contribution in [0.5, 0.6) is 34.5 Å². The molecule has 2 aliphatic carbocycles. The van der Waals surface area contributed by atoms with Crippen LogP contribution in [0.3, 0.4) is 0 Å². The lowest BCUT2D eigenvalue weighted by Gasteiger charge is -2.25. The van der Waals surface area contributed by atoms with Crippen LogP contribution in [0.2, 0.25) is 0 Å². The number of hydrogen-bond donors (Lipinski definition) is 0. The number of allylic oxidation sites excluding steroid dienone is 2. The van der Waals surface area contributed by atoms with Gasteiger partial charge in [-0.05, 0) is 153 Å². The Morgan fingerprint density at radius 2 is 0.591 bits per heavy atom. The molecule has 6 aromatic rings. The maximum Gasteiger partial charge on any atom is 0.315 e. The molecule has 0 amide bonds. The molecule has 8 rings (SSSR count). The standard InChI is InChI=1S/C81H86F4O8/c1-5-9-13-17-21-47-88-72-43-33-58(51-68(72)82)25-27-62-31-39-64(37-29-60-35-45-74(70(84)53-60)90-49-23-19-15-11-7-3)76(55-62)92-80(86)78-66-41-42-67(57-66)79(78)81(87)93-77-56-63(28-26-59-34-44-73(69(83)52-59)89-48-22-18-14-10-6-2)32-40-65(77)38-30-61-36-46-75(71(85)54-61)91-50-24-20-16-12-8-4/h31-36,39-46,51-56,66-67,78-79H,5-24,47-50,57H2,1-4H3/t66-,67+,78-,79-/m1/s1. The number of carbonyl (C=O) groups excluding carboxylic acids is 2. The number of unbranched alkanes of at least 4 members (excludes halogenated alkanes) is 16. The highest BCUT2D eigenvalue weighted by Gasteiger charge is 2.53. The van der Waals surface area contributed by atoms with Crippen molar-refractivity contribution in [2.24, 2.45) is 23.7 Å². The van der Waals surface area contributed by atoms with Crippen LogP contribution in [0.1, 0.15) is 207 Å². The first-order valence-corrected chi connectivity index (χ1v) is 33.6. The maximum atomic E-state index is 15.4. The summed E-state index contributed by atoms with van der Waals surface area (Å²) in [6.07, 6.45) is 25.1. The highest BCUT2D eigenvalue weighted by atomic mass is 19.1. The van der Waals surface area contributed by atoms with Crippen LogP contribution < -0.4 is 28.4 Å². The largest absolute Gasteiger partial charge is 0.491 e. The average molecular weight is 1260 g/mol. The van der Waals surface area contributed by atoms with Gasteiger partial charge in [0.2, 0.25) is 0 Å². The Morgan fingerprint density at radius 1 is 0.333 bits per heavy atom. The van der Waals surface area contributed by atoms with Gasteiger partial charge in [-0.15, -0.1) is 0 Å². The number of ether oxygens (including phenoxy) is 6. The second kappa shape index (κ2) is 37.6. The number of esters is 2. The molecule has 4 atom stereocenters. The van der Waals surface area contributed by atoms with Crippen LogP contribution in [-0.2, 0) is 9.59 Å². The first-order valence-electron chi connectivity index (χ1n) is 33.6. The molecule has 2 aliphatic rings. The van der Waals surface area contributed by atoms with Gasteiger partial charge in [0.1, 0.15) is 11.5 Å². The molecule has 6 aromatic carbocycles. The fraction of sp³-hybridized carbons (Fsp3) is 0.407. The zero-order valence-corrected chi connectivity index (χ0v) is 54.3. The summed E-state index contributed by atoms with van der Waals surface area (Å²) in [5.41, 5.74) is 2.88. The van der Waals surface area contributed by atoms with Crippen molar-refractivity contribution < 1.29 is 55.6 Å². The number of halogens is 4. The van der Waals surface area contributed by atoms with E-state index in [1.807, 2.05) is 12.2 Å². The lowest BCUT2D eigenvalue weighted by molar-refractivity contribution is -0.151. The van der Waals surface area contributed by atoms with Gasteiger partial charge in [0.25, 0.3) is 0 Å². The number of benzene rings is 6. The lowest BCUT2D eigenvalue weighted by atomic mass is 9.83. The summed E-state index contributed by atoms with van der Waals surface area (Å²) < 4.78 is 96.9. The molecule has 2 bridgehead atoms. The molecule has 1 fully saturated rings. The molecule has 0 saturated heterocycles. The van der Waals surface area contributed by atoms with Crippen LogP contribution >= 0.6 is 0 Å². The van der Waals surface area contributed by atoms with Gasteiger partial charge in [0.05, 0.1) is 49.4 Å². The molecule has 0 aromatic heterocycles. The summed E-state index contributed by atoms with van der Waals surface area (Å²) in [4.78, 5) is 29.7. The van der Waals surface area contributed by atoms with Gasteiger partial charge in [-0.3, -0.25) is 9.59 Å². The van der Waals surface area contributed by atoms with Crippen molar-refractivity contribution in [2.75, 3.05) is 26.4 Å². The van der Waals surface area contributed by atoms with Crippen molar-refractivity contribution in [3.63, 3.8) is 0 Å². The van der Waals surface area contributed by atoms with Crippen molar-refractivity contribution in [3.05, 3.63) is 189 Å². The molecule has 0 aliphatic heterocycles. The van der Waals surface area contributed by atoms with Gasteiger partial charge in [-0.25, -0.2) is 17.6 Å². The third-order valence-corrected chi connectivity index (χ3v) is 16.5. The summed E-state index contributed by atoms with van der Waals surface area (Å²) in [7, 11) is 0. The second-order valence-electron chi connectivity index (χ2n) is 23.9. The lowest BCUT2D eigenvalue weighted by Crippen LogP contribution is -2.37. The van der Waals surface area contributed by atoms with Crippen LogP contribution in [0.15, 0.2) is 121 Å². The van der Waals surface area contributed by atoms with E-state index in [0.29, 0.717) is 66.2 Å². The van der Waals surface area contributed by atoms with E-state index < -0.39 is 47.0 Å². The highest BCUT2D eigenvalue weighted by molar-refractivity contribution is 5.87. The van der Waals surface area contributed by atoms with Crippen molar-refractivity contribution in [1.29, 1.82) is 0 Å². The Balaban J connectivity index is 1.05. The minimum atomic E-state index is -1.00. The average Bonchev–Trinajstić information content (AvgIpc) is 1.62. The SMILES string of the molecule is CCCCCCCOc1ccc(C#Cc2ccc(C#Cc3ccc(OCCCCCCC)c(F)c3)c(OC(=O)[C@H]3[C@H](C(=O)Oc4cc(C#Cc5ccc(OCCCCCCC)c(F)c5)ccc4C#Cc4ccc(OCCCCCCC)c(F)c4)[C@H]4C=C[C@@H]3C4)c2)cc1F. The fourth-order valence-corrected chi connectivity index (χ4v) is 11.3. The molecule has 0 heterocycles. The van der Waals surface area contributed by atoms with E-state index in [1.54, 1.807) is 84.9 Å². The minimum absolute atomic E-state index is 0.0395. The third kappa shape index (κ3) is 21.9. The molecule has 1 saturated carbocycles. The number of rotatable bonds is 32. The van der Waals surface area contributed by atoms with E-state index >= 15 is 17.6 Å². The Labute approximate surface area is 548 Å². The van der Waals surface area contributed by atoms with Gasteiger partial charge in [-0.2, -0.15) is 0 Å². The Kier molecular flexibility index (Phi) is 28.3. The van der Waals surface area contributed by atoms with E-state index in [1.165, 1.54) is 24.3 Å². The van der Waals surface area contributed by atoms with E-state index in [-0.39, 0.29) is 57.5 Å². The maximum absolute atomic E-state index is 15.4. The monoisotopic (exact) mass is 1260 g/mol. The van der Waals surface area contributed by atoms with E-state index in [4.69, 9.17) is 28.4 Å². The van der Waals surface area contributed by atoms with Crippen LogP contribution in [-0.4, -0.2) is 38.4 Å². The molecule has 486 valence electrons. The summed E-state index contributed by atoms with van der Waals surface area (Å²) in [5.74, 6) is 18.5. The zero-order valence-electron chi connectivity index (χ0n) is 54.3. The van der Waals surface area contributed by atoms with Crippen molar-refractivity contribution in [1.82, 2.24) is 0 Å². The third-order valence-electron chi connectivity index (χ3n) is 16.5. The fourth-order valence-electron chi connectivity index (χ4n) is 11.3. The Morgan fingerprint density at radius 3 is 0.871 bits per heavy atom. The molecule has 0 spiro atoms. The smallest absolute Gasteiger partial charge is 0.315 e. The molecule has 0 unspecified atom stereocenters. The normalized spacial score (nSPS) is 14.9. The molecular formula is C81H86F4O8. The van der Waals surface area contributed by atoms with Crippen molar-refractivity contribution >= 4 is 11.9 Å². The quantitative estimate of drug-likeness (QED) is 0.0103. The second-order valence-corrected chi connectivity index (χ2v) is 23.9. The van der Waals surface area contributed by atoms with Crippen LogP contribution in [0, 0.1) is 94.3 Å². The zero-order chi connectivity index (χ0) is 65.6. The predicted molar refractivity (Wildman–Crippen MR) is 358 cm³/mol. The van der Waals surface area contributed by atoms with Gasteiger partial charge >= 0.3 is 11.9 Å². The predicted octanol–water partition coefficient (Wildman–Crippen LogP) is 19.2. The molecule has 0 N–H and O–H groups in total. The first kappa shape index (κ1) is 70.0. The van der Waals surface area contributed by atoms with Gasteiger partial charge < -0.3 is 28.4 Å². The van der Waals surface area contributed by atoms with Gasteiger partial charge in [0, 0.05) is 33.4 Å². The van der Waals surface area contributed by atoms with Crippen LogP contribution in [0.4, 0.5) is 17.6 Å². The number of carbonyl (C=O) groups is 2. The van der Waals surface area contributed by atoms with E-state index in [9.17, 15) is 9.59 Å². The van der Waals surface area contributed by atoms with Crippen molar-refractivity contribution in [3.8, 4) is 81.9 Å². The summed E-state index contributed by atoms with van der Waals surface area (Å²) in [6.45, 7) is 10.2. The van der Waals surface area contributed by atoms with Crippen molar-refractivity contribution in [2.45, 2.75) is 163 Å². The molecule has 0 radical (unpaired) electrons. The molecular weight excluding hydrogens is 1180 g/mol. The first-order chi connectivity index (χ1) is 45.4. The molecule has 93 heavy (non-hydrogen) atoms. The van der Waals surface area contributed by atoms with E-state index in [2.05, 4.69) is 75.1 Å². The van der Waals surface area contributed by atoms with Gasteiger partial charge in [0.15, 0.2) is 46.3 Å². The topological polar surface area (TPSA) is 89.5 Å². The summed E-state index contributed by atoms with van der Waals surface area (Å²) in [5, 5.41) is 0. The van der Waals surface area contributed by atoms with Gasteiger partial charge in [-0.1, -0.05) is 190 Å². The summed E-state index contributed by atoms with van der Waals surface area (Å²) >= 11 is 0. The highest BCUT2D eigenvalue weighted by Crippen LogP contribution is 2.49. The number of hydrogen-bond acceptors (Lipinski definition) is 8.